The van der Waals surface area contributed by atoms with Crippen molar-refractivity contribution in [3.8, 4) is 0 Å². The van der Waals surface area contributed by atoms with E-state index in [1.807, 2.05) is 24.3 Å². The Balaban J connectivity index is 2.26. The van der Waals surface area contributed by atoms with Crippen LogP contribution in [0.4, 0.5) is 0 Å². The van der Waals surface area contributed by atoms with E-state index in [2.05, 4.69) is 16.9 Å². The number of allylic oxidation sites excluding steroid dienone is 1. The Bertz CT molecular complexity index is 265. The zero-order valence-electron chi connectivity index (χ0n) is 7.27. The molecule has 0 amide bonds. The average molecular weight is 175 g/mol. The van der Waals surface area contributed by atoms with Crippen LogP contribution in [0.1, 0.15) is 5.56 Å². The Morgan fingerprint density at radius 1 is 1.23 bits per heavy atom. The molecule has 0 heterocycles. The van der Waals surface area contributed by atoms with Crippen LogP contribution in [-0.4, -0.2) is 13.1 Å². The third kappa shape index (κ3) is 4.11. The van der Waals surface area contributed by atoms with Gasteiger partial charge in [0.15, 0.2) is 0 Å². The van der Waals surface area contributed by atoms with Gasteiger partial charge < -0.3 is 4.74 Å². The van der Waals surface area contributed by atoms with E-state index in [1.165, 1.54) is 12.0 Å². The van der Waals surface area contributed by atoms with Crippen molar-refractivity contribution in [1.29, 1.82) is 0 Å². The van der Waals surface area contributed by atoms with Crippen LogP contribution in [0.5, 0.6) is 0 Å². The van der Waals surface area contributed by atoms with E-state index in [-0.39, 0.29) is 0 Å². The standard InChI is InChI=1S/C11H11O2/c12-10-13-9-5-4-8-11-6-2-1-3-7-11/h1-7H,8-9H2. The molecule has 2 nitrogen and oxygen atoms in total. The number of carbonyl (C=O) groups excluding carboxylic acids is 1. The average Bonchev–Trinajstić information content (AvgIpc) is 2.19. The first kappa shape index (κ1) is 9.52. The largest absolute Gasteiger partial charge is 0.453 e. The highest BCUT2D eigenvalue weighted by Gasteiger charge is 1.85. The minimum absolute atomic E-state index is 0.302. The van der Waals surface area contributed by atoms with Crippen molar-refractivity contribution in [3.05, 3.63) is 48.0 Å². The maximum atomic E-state index is 9.66. The smallest absolute Gasteiger partial charge is 0.417 e. The molecule has 13 heavy (non-hydrogen) atoms. The normalized spacial score (nSPS) is 10.2. The summed E-state index contributed by atoms with van der Waals surface area (Å²) in [5.41, 5.74) is 1.24. The van der Waals surface area contributed by atoms with Gasteiger partial charge in [-0.3, -0.25) is 0 Å². The zero-order valence-corrected chi connectivity index (χ0v) is 7.27. The van der Waals surface area contributed by atoms with Gasteiger partial charge in [-0.1, -0.05) is 42.5 Å². The van der Waals surface area contributed by atoms with Crippen LogP contribution in [0.25, 0.3) is 0 Å². The number of hydrogen-bond donors (Lipinski definition) is 0. The Hall–Kier alpha value is -1.57. The molecule has 0 bridgehead atoms. The van der Waals surface area contributed by atoms with Crippen molar-refractivity contribution in [2.24, 2.45) is 0 Å². The molecular weight excluding hydrogens is 164 g/mol. The van der Waals surface area contributed by atoms with Gasteiger partial charge in [-0.25, -0.2) is 4.79 Å². The number of ether oxygens (including phenoxy) is 1. The van der Waals surface area contributed by atoms with Crippen LogP contribution in [0.2, 0.25) is 0 Å². The number of hydrogen-bond acceptors (Lipinski definition) is 2. The van der Waals surface area contributed by atoms with Gasteiger partial charge >= 0.3 is 6.47 Å². The number of benzene rings is 1. The molecule has 1 rings (SSSR count). The second-order valence-corrected chi connectivity index (χ2v) is 2.56. The van der Waals surface area contributed by atoms with E-state index in [0.717, 1.165) is 6.42 Å². The lowest BCUT2D eigenvalue weighted by molar-refractivity contribution is 0.313. The molecule has 0 aliphatic carbocycles. The molecule has 0 spiro atoms. The molecule has 1 aromatic carbocycles. The van der Waals surface area contributed by atoms with Crippen molar-refractivity contribution in [1.82, 2.24) is 0 Å². The lowest BCUT2D eigenvalue weighted by Gasteiger charge is -1.93. The van der Waals surface area contributed by atoms with E-state index >= 15 is 0 Å². The molecule has 67 valence electrons. The summed E-state index contributed by atoms with van der Waals surface area (Å²) in [6.45, 7) is 1.67. The Kier molecular flexibility index (Phi) is 4.39. The molecule has 0 saturated heterocycles. The second-order valence-electron chi connectivity index (χ2n) is 2.56. The van der Waals surface area contributed by atoms with Gasteiger partial charge in [0.1, 0.15) is 6.61 Å². The third-order valence-corrected chi connectivity index (χ3v) is 1.60. The molecule has 0 unspecified atom stereocenters. The predicted molar refractivity (Wildman–Crippen MR) is 50.9 cm³/mol. The fraction of sp³-hybridized carbons (Fsp3) is 0.182. The maximum absolute atomic E-state index is 9.66. The van der Waals surface area contributed by atoms with Crippen molar-refractivity contribution < 1.29 is 9.53 Å². The van der Waals surface area contributed by atoms with Crippen LogP contribution in [0.15, 0.2) is 42.5 Å². The Morgan fingerprint density at radius 2 is 2.00 bits per heavy atom. The van der Waals surface area contributed by atoms with Crippen LogP contribution in [-0.2, 0) is 16.0 Å². The summed E-state index contributed by atoms with van der Waals surface area (Å²) >= 11 is 0. The predicted octanol–water partition coefficient (Wildman–Crippen LogP) is 1.87. The minimum Gasteiger partial charge on any atom is -0.453 e. The molecule has 0 aliphatic rings. The first-order chi connectivity index (χ1) is 6.43. The van der Waals surface area contributed by atoms with Crippen molar-refractivity contribution in [2.75, 3.05) is 6.61 Å². The molecular formula is C11H11O2. The molecule has 0 aliphatic heterocycles. The third-order valence-electron chi connectivity index (χ3n) is 1.60. The van der Waals surface area contributed by atoms with Crippen LogP contribution < -0.4 is 0 Å². The van der Waals surface area contributed by atoms with E-state index in [4.69, 9.17) is 0 Å². The molecule has 1 radical (unpaired) electrons. The van der Waals surface area contributed by atoms with Gasteiger partial charge in [-0.15, -0.1) is 0 Å². The van der Waals surface area contributed by atoms with Crippen molar-refractivity contribution in [2.45, 2.75) is 6.42 Å². The van der Waals surface area contributed by atoms with Crippen LogP contribution in [0, 0.1) is 0 Å². The first-order valence-electron chi connectivity index (χ1n) is 4.11. The van der Waals surface area contributed by atoms with E-state index in [9.17, 15) is 4.79 Å². The molecule has 0 N–H and O–H groups in total. The van der Waals surface area contributed by atoms with Crippen molar-refractivity contribution >= 4 is 6.47 Å². The quantitative estimate of drug-likeness (QED) is 0.504. The highest BCUT2D eigenvalue weighted by Crippen LogP contribution is 1.99. The van der Waals surface area contributed by atoms with Gasteiger partial charge in [0.25, 0.3) is 0 Å². The SMILES string of the molecule is O=[C]OCC=CCc1ccccc1. The van der Waals surface area contributed by atoms with E-state index in [0.29, 0.717) is 6.61 Å². The fourth-order valence-electron chi connectivity index (χ4n) is 0.984. The summed E-state index contributed by atoms with van der Waals surface area (Å²) in [5, 5.41) is 0. The summed E-state index contributed by atoms with van der Waals surface area (Å²) in [4.78, 5) is 9.66. The molecule has 0 atom stereocenters. The summed E-state index contributed by atoms with van der Waals surface area (Å²) in [6, 6.07) is 10.1. The zero-order chi connectivity index (χ0) is 9.36. The van der Waals surface area contributed by atoms with Crippen LogP contribution >= 0.6 is 0 Å². The van der Waals surface area contributed by atoms with E-state index < -0.39 is 0 Å². The Morgan fingerprint density at radius 3 is 2.69 bits per heavy atom. The lowest BCUT2D eigenvalue weighted by Crippen LogP contribution is -1.86. The monoisotopic (exact) mass is 175 g/mol. The van der Waals surface area contributed by atoms with Crippen LogP contribution in [0.3, 0.4) is 0 Å². The minimum atomic E-state index is 0.302. The molecule has 1 aromatic rings. The summed E-state index contributed by atoms with van der Waals surface area (Å²) < 4.78 is 4.38. The van der Waals surface area contributed by atoms with Gasteiger partial charge in [0.2, 0.25) is 0 Å². The molecule has 2 heteroatoms. The number of rotatable bonds is 5. The molecule has 0 fully saturated rings. The summed E-state index contributed by atoms with van der Waals surface area (Å²) in [5.74, 6) is 0. The van der Waals surface area contributed by atoms with Gasteiger partial charge in [-0.05, 0) is 12.0 Å². The highest BCUT2D eigenvalue weighted by molar-refractivity contribution is 5.38. The van der Waals surface area contributed by atoms with Gasteiger partial charge in [0.05, 0.1) is 0 Å². The van der Waals surface area contributed by atoms with Crippen molar-refractivity contribution in [3.63, 3.8) is 0 Å². The summed E-state index contributed by atoms with van der Waals surface area (Å²) in [6.07, 6.45) is 4.63. The topological polar surface area (TPSA) is 26.3 Å². The molecule has 0 saturated carbocycles. The van der Waals surface area contributed by atoms with Gasteiger partial charge in [0, 0.05) is 0 Å². The molecule has 0 aromatic heterocycles. The second kappa shape index (κ2) is 6.00. The first-order valence-corrected chi connectivity index (χ1v) is 4.11. The lowest BCUT2D eigenvalue weighted by atomic mass is 10.1. The van der Waals surface area contributed by atoms with E-state index in [1.54, 1.807) is 6.08 Å². The summed E-state index contributed by atoms with van der Waals surface area (Å²) in [7, 11) is 0. The fourth-order valence-corrected chi connectivity index (χ4v) is 0.984. The Labute approximate surface area is 77.8 Å². The maximum Gasteiger partial charge on any atom is 0.417 e. The highest BCUT2D eigenvalue weighted by atomic mass is 16.5. The van der Waals surface area contributed by atoms with Gasteiger partial charge in [-0.2, -0.15) is 0 Å².